The van der Waals surface area contributed by atoms with E-state index in [0.29, 0.717) is 33.7 Å². The van der Waals surface area contributed by atoms with E-state index in [2.05, 4.69) is 20.5 Å². The summed E-state index contributed by atoms with van der Waals surface area (Å²) < 4.78 is 23.6. The van der Waals surface area contributed by atoms with Gasteiger partial charge < -0.3 is 23.5 Å². The Balaban J connectivity index is 2.00. The molecule has 2 aromatic rings. The Kier molecular flexibility index (Phi) is 8.92. The molecule has 0 N–H and O–H groups in total. The van der Waals surface area contributed by atoms with Crippen molar-refractivity contribution in [1.82, 2.24) is 4.57 Å². The van der Waals surface area contributed by atoms with Gasteiger partial charge in [0.05, 0.1) is 20.6 Å². The van der Waals surface area contributed by atoms with Crippen molar-refractivity contribution < 1.29 is 28.5 Å². The minimum atomic E-state index is -0.495. The number of methoxy groups -OCH3 is 3. The first-order chi connectivity index (χ1) is 14.3. The van der Waals surface area contributed by atoms with E-state index in [1.54, 1.807) is 26.4 Å². The van der Waals surface area contributed by atoms with Crippen molar-refractivity contribution in [2.45, 2.75) is 33.2 Å². The summed E-state index contributed by atoms with van der Waals surface area (Å²) in [7, 11) is 4.73. The van der Waals surface area contributed by atoms with Gasteiger partial charge in [-0.1, -0.05) is 15.9 Å². The zero-order chi connectivity index (χ0) is 22.3. The van der Waals surface area contributed by atoms with E-state index < -0.39 is 5.97 Å². The Labute approximate surface area is 185 Å². The van der Waals surface area contributed by atoms with Crippen molar-refractivity contribution >= 4 is 27.7 Å². The standard InChI is InChI=1S/C22H28BrNO6/c1-14-9-17(15(2)24(14)7-6-8-27-3)19(25)13-30-22(26)11-16-10-20(28-4)21(29-5)12-18(16)23/h9-10,12H,6-8,11,13H2,1-5H3. The van der Waals surface area contributed by atoms with Crippen LogP contribution in [0, 0.1) is 13.8 Å². The monoisotopic (exact) mass is 481 g/mol. The number of aromatic nitrogens is 1. The van der Waals surface area contributed by atoms with E-state index in [0.717, 1.165) is 24.4 Å². The van der Waals surface area contributed by atoms with Crippen LogP contribution in [0.4, 0.5) is 0 Å². The summed E-state index contributed by atoms with van der Waals surface area (Å²) >= 11 is 3.42. The smallest absolute Gasteiger partial charge is 0.310 e. The van der Waals surface area contributed by atoms with Gasteiger partial charge in [-0.2, -0.15) is 0 Å². The number of halogens is 1. The van der Waals surface area contributed by atoms with Crippen molar-refractivity contribution in [3.8, 4) is 11.5 Å². The number of benzene rings is 1. The van der Waals surface area contributed by atoms with Crippen LogP contribution in [0.5, 0.6) is 11.5 Å². The summed E-state index contributed by atoms with van der Waals surface area (Å²) in [6.07, 6.45) is 0.861. The predicted molar refractivity (Wildman–Crippen MR) is 117 cm³/mol. The summed E-state index contributed by atoms with van der Waals surface area (Å²) in [5.74, 6) is 0.351. The molecule has 0 aliphatic heterocycles. The summed E-state index contributed by atoms with van der Waals surface area (Å²) in [6.45, 7) is 4.98. The maximum Gasteiger partial charge on any atom is 0.310 e. The molecule has 0 bridgehead atoms. The van der Waals surface area contributed by atoms with Gasteiger partial charge >= 0.3 is 5.97 Å². The van der Waals surface area contributed by atoms with Crippen LogP contribution in [-0.4, -0.2) is 50.9 Å². The fraction of sp³-hybridized carbons (Fsp3) is 0.455. The lowest BCUT2D eigenvalue weighted by molar-refractivity contribution is -0.141. The number of hydrogen-bond donors (Lipinski definition) is 0. The van der Waals surface area contributed by atoms with Gasteiger partial charge in [-0.05, 0) is 44.0 Å². The highest BCUT2D eigenvalue weighted by Gasteiger charge is 2.18. The number of hydrogen-bond acceptors (Lipinski definition) is 6. The second kappa shape index (κ2) is 11.2. The number of ether oxygens (including phenoxy) is 4. The first-order valence-electron chi connectivity index (χ1n) is 9.57. The fourth-order valence-electron chi connectivity index (χ4n) is 3.26. The molecule has 30 heavy (non-hydrogen) atoms. The van der Waals surface area contributed by atoms with Gasteiger partial charge in [0.1, 0.15) is 0 Å². The van der Waals surface area contributed by atoms with E-state index in [-0.39, 0.29) is 18.8 Å². The highest BCUT2D eigenvalue weighted by Crippen LogP contribution is 2.33. The molecule has 0 fully saturated rings. The lowest BCUT2D eigenvalue weighted by atomic mass is 10.1. The highest BCUT2D eigenvalue weighted by atomic mass is 79.9. The molecular weight excluding hydrogens is 454 g/mol. The second-order valence-electron chi connectivity index (χ2n) is 6.84. The van der Waals surface area contributed by atoms with E-state index in [1.165, 1.54) is 7.11 Å². The molecule has 164 valence electrons. The van der Waals surface area contributed by atoms with Gasteiger partial charge in [0.25, 0.3) is 0 Å². The van der Waals surface area contributed by atoms with Gasteiger partial charge in [0.2, 0.25) is 5.78 Å². The van der Waals surface area contributed by atoms with Crippen LogP contribution in [0.3, 0.4) is 0 Å². The largest absolute Gasteiger partial charge is 0.493 e. The van der Waals surface area contributed by atoms with Crippen LogP contribution in [0.2, 0.25) is 0 Å². The number of esters is 1. The van der Waals surface area contributed by atoms with Crippen LogP contribution < -0.4 is 9.47 Å². The number of carbonyl (C=O) groups excluding carboxylic acids is 2. The molecule has 0 spiro atoms. The third-order valence-electron chi connectivity index (χ3n) is 4.86. The Morgan fingerprint density at radius 2 is 1.70 bits per heavy atom. The molecule has 1 heterocycles. The lowest BCUT2D eigenvalue weighted by Crippen LogP contribution is -2.16. The minimum absolute atomic E-state index is 0.00422. The first kappa shape index (κ1) is 24.0. The summed E-state index contributed by atoms with van der Waals surface area (Å²) in [5, 5.41) is 0. The molecule has 1 aromatic heterocycles. The third-order valence-corrected chi connectivity index (χ3v) is 5.59. The molecular formula is C22H28BrNO6. The van der Waals surface area contributed by atoms with Gasteiger partial charge in [-0.25, -0.2) is 0 Å². The molecule has 0 saturated heterocycles. The molecule has 0 unspecified atom stereocenters. The number of aryl methyl sites for hydroxylation is 1. The first-order valence-corrected chi connectivity index (χ1v) is 10.4. The molecule has 7 nitrogen and oxygen atoms in total. The number of carbonyl (C=O) groups is 2. The molecule has 2 rings (SSSR count). The van der Waals surface area contributed by atoms with Gasteiger partial charge in [0.15, 0.2) is 18.1 Å². The quantitative estimate of drug-likeness (QED) is 0.275. The average Bonchev–Trinajstić information content (AvgIpc) is 3.01. The molecule has 0 aliphatic rings. The normalized spacial score (nSPS) is 10.7. The Hall–Kier alpha value is -2.32. The maximum absolute atomic E-state index is 12.6. The number of nitrogens with zero attached hydrogens (tertiary/aromatic N) is 1. The van der Waals surface area contributed by atoms with Crippen molar-refractivity contribution in [2.75, 3.05) is 34.5 Å². The summed E-state index contributed by atoms with van der Waals surface area (Å²) in [4.78, 5) is 24.9. The molecule has 0 saturated carbocycles. The van der Waals surface area contributed by atoms with Gasteiger partial charge in [0, 0.05) is 41.7 Å². The molecule has 0 radical (unpaired) electrons. The fourth-order valence-corrected chi connectivity index (χ4v) is 3.72. The third kappa shape index (κ3) is 5.86. The van der Waals surface area contributed by atoms with Crippen molar-refractivity contribution in [2.24, 2.45) is 0 Å². The summed E-state index contributed by atoms with van der Waals surface area (Å²) in [6, 6.07) is 5.27. The number of ketones is 1. The Bertz CT molecular complexity index is 906. The van der Waals surface area contributed by atoms with E-state index >= 15 is 0 Å². The highest BCUT2D eigenvalue weighted by molar-refractivity contribution is 9.10. The average molecular weight is 482 g/mol. The van der Waals surface area contributed by atoms with Crippen LogP contribution in [-0.2, 0) is 27.2 Å². The molecule has 0 amide bonds. The Morgan fingerprint density at radius 3 is 2.33 bits per heavy atom. The Morgan fingerprint density at radius 1 is 1.03 bits per heavy atom. The van der Waals surface area contributed by atoms with Crippen LogP contribution in [0.1, 0.15) is 33.7 Å². The van der Waals surface area contributed by atoms with Crippen molar-refractivity contribution in [3.05, 3.63) is 45.2 Å². The zero-order valence-corrected chi connectivity index (χ0v) is 19.6. The topological polar surface area (TPSA) is 76.0 Å². The summed E-state index contributed by atoms with van der Waals surface area (Å²) in [5.41, 5.74) is 3.12. The van der Waals surface area contributed by atoms with E-state index in [1.807, 2.05) is 19.9 Å². The van der Waals surface area contributed by atoms with Crippen molar-refractivity contribution in [1.29, 1.82) is 0 Å². The van der Waals surface area contributed by atoms with Crippen LogP contribution in [0.25, 0.3) is 0 Å². The second-order valence-corrected chi connectivity index (χ2v) is 7.70. The maximum atomic E-state index is 12.6. The minimum Gasteiger partial charge on any atom is -0.493 e. The molecule has 1 aromatic carbocycles. The van der Waals surface area contributed by atoms with Crippen molar-refractivity contribution in [3.63, 3.8) is 0 Å². The van der Waals surface area contributed by atoms with Gasteiger partial charge in [-0.15, -0.1) is 0 Å². The van der Waals surface area contributed by atoms with E-state index in [9.17, 15) is 9.59 Å². The SMILES string of the molecule is COCCCn1c(C)cc(C(=O)COC(=O)Cc2cc(OC)c(OC)cc2Br)c1C. The number of rotatable bonds is 11. The number of Topliss-reactive ketones (excluding diaryl/α,β-unsaturated/α-hetero) is 1. The van der Waals surface area contributed by atoms with Crippen LogP contribution >= 0.6 is 15.9 Å². The zero-order valence-electron chi connectivity index (χ0n) is 18.0. The molecule has 0 aliphatic carbocycles. The molecule has 8 heteroatoms. The van der Waals surface area contributed by atoms with Crippen LogP contribution in [0.15, 0.2) is 22.7 Å². The predicted octanol–water partition coefficient (Wildman–Crippen LogP) is 3.89. The lowest BCUT2D eigenvalue weighted by Gasteiger charge is -2.12. The van der Waals surface area contributed by atoms with E-state index in [4.69, 9.17) is 18.9 Å². The molecule has 0 atom stereocenters. The van der Waals surface area contributed by atoms with Gasteiger partial charge in [-0.3, -0.25) is 9.59 Å².